The van der Waals surface area contributed by atoms with E-state index < -0.39 is 0 Å². The topological polar surface area (TPSA) is 56.8 Å². The summed E-state index contributed by atoms with van der Waals surface area (Å²) in [5, 5.41) is 2.79. The normalized spacial score (nSPS) is 16.7. The minimum absolute atomic E-state index is 0.114. The quantitative estimate of drug-likeness (QED) is 0.758. The molecule has 1 aromatic carbocycles. The Morgan fingerprint density at radius 3 is 3.12 bits per heavy atom. The van der Waals surface area contributed by atoms with Gasteiger partial charge < -0.3 is 19.5 Å². The molecular formula is C11H11NO4. The Morgan fingerprint density at radius 2 is 2.31 bits per heavy atom. The molecule has 0 aromatic heterocycles. The molecule has 0 saturated carbocycles. The molecule has 0 atom stereocenters. The highest BCUT2D eigenvalue weighted by molar-refractivity contribution is 6.00. The Labute approximate surface area is 92.3 Å². The maximum atomic E-state index is 11.8. The fraction of sp³-hybridized carbons (Fsp3) is 0.364. The molecule has 0 fully saturated rings. The molecule has 2 aliphatic rings. The molecule has 0 radical (unpaired) electrons. The SMILES string of the molecule is COc1c2c(cc3c1C(=O)NCC3)OCO2. The molecule has 1 aromatic rings. The van der Waals surface area contributed by atoms with E-state index in [1.165, 1.54) is 7.11 Å². The molecular weight excluding hydrogens is 210 g/mol. The summed E-state index contributed by atoms with van der Waals surface area (Å²) in [6, 6.07) is 1.86. The number of hydrogen-bond acceptors (Lipinski definition) is 4. The van der Waals surface area contributed by atoms with Crippen LogP contribution in [0.4, 0.5) is 0 Å². The van der Waals surface area contributed by atoms with Gasteiger partial charge in [0.15, 0.2) is 11.5 Å². The zero-order valence-electron chi connectivity index (χ0n) is 8.83. The lowest BCUT2D eigenvalue weighted by molar-refractivity contribution is 0.0941. The Hall–Kier alpha value is -1.91. The van der Waals surface area contributed by atoms with Crippen molar-refractivity contribution in [1.82, 2.24) is 5.32 Å². The Kier molecular flexibility index (Phi) is 1.92. The highest BCUT2D eigenvalue weighted by atomic mass is 16.7. The van der Waals surface area contributed by atoms with Crippen LogP contribution in [0.15, 0.2) is 6.07 Å². The van der Waals surface area contributed by atoms with E-state index in [0.29, 0.717) is 29.4 Å². The van der Waals surface area contributed by atoms with Crippen LogP contribution in [-0.4, -0.2) is 26.4 Å². The van der Waals surface area contributed by atoms with E-state index in [9.17, 15) is 4.79 Å². The predicted molar refractivity (Wildman–Crippen MR) is 55.2 cm³/mol. The van der Waals surface area contributed by atoms with E-state index in [1.807, 2.05) is 6.07 Å². The summed E-state index contributed by atoms with van der Waals surface area (Å²) < 4.78 is 15.9. The molecule has 2 heterocycles. The van der Waals surface area contributed by atoms with Gasteiger partial charge in [-0.1, -0.05) is 0 Å². The average molecular weight is 221 g/mol. The first-order valence-electron chi connectivity index (χ1n) is 5.09. The van der Waals surface area contributed by atoms with Gasteiger partial charge in [0.1, 0.15) is 0 Å². The summed E-state index contributed by atoms with van der Waals surface area (Å²) in [5.74, 6) is 1.54. The maximum Gasteiger partial charge on any atom is 0.255 e. The fourth-order valence-electron chi connectivity index (χ4n) is 2.10. The molecule has 1 N–H and O–H groups in total. The highest BCUT2D eigenvalue weighted by Gasteiger charge is 2.30. The Bertz CT molecular complexity index is 470. The first kappa shape index (κ1) is 9.33. The van der Waals surface area contributed by atoms with Crippen LogP contribution in [0.5, 0.6) is 17.2 Å². The summed E-state index contributed by atoms with van der Waals surface area (Å²) >= 11 is 0. The van der Waals surface area contributed by atoms with Crippen LogP contribution in [-0.2, 0) is 6.42 Å². The largest absolute Gasteiger partial charge is 0.492 e. The van der Waals surface area contributed by atoms with Gasteiger partial charge in [-0.3, -0.25) is 4.79 Å². The first-order chi connectivity index (χ1) is 7.81. The van der Waals surface area contributed by atoms with Gasteiger partial charge in [-0.15, -0.1) is 0 Å². The van der Waals surface area contributed by atoms with E-state index in [2.05, 4.69) is 5.32 Å². The van der Waals surface area contributed by atoms with E-state index in [1.54, 1.807) is 0 Å². The number of ether oxygens (including phenoxy) is 3. The fourth-order valence-corrected chi connectivity index (χ4v) is 2.10. The van der Waals surface area contributed by atoms with Gasteiger partial charge in [-0.05, 0) is 18.1 Å². The predicted octanol–water partition coefficient (Wildman–Crippen LogP) is 0.710. The molecule has 0 unspecified atom stereocenters. The second kappa shape index (κ2) is 3.30. The van der Waals surface area contributed by atoms with Crippen LogP contribution in [0.1, 0.15) is 15.9 Å². The molecule has 2 aliphatic heterocycles. The number of benzene rings is 1. The number of hydrogen-bond donors (Lipinski definition) is 1. The number of methoxy groups -OCH3 is 1. The van der Waals surface area contributed by atoms with E-state index in [0.717, 1.165) is 12.0 Å². The third kappa shape index (κ3) is 1.14. The van der Waals surface area contributed by atoms with Gasteiger partial charge in [0, 0.05) is 6.54 Å². The molecule has 5 heteroatoms. The molecule has 3 rings (SSSR count). The summed E-state index contributed by atoms with van der Waals surface area (Å²) in [5.41, 5.74) is 1.52. The van der Waals surface area contributed by atoms with Gasteiger partial charge in [0.25, 0.3) is 5.91 Å². The smallest absolute Gasteiger partial charge is 0.255 e. The third-order valence-corrected chi connectivity index (χ3v) is 2.81. The summed E-state index contributed by atoms with van der Waals surface area (Å²) in [6.07, 6.45) is 0.786. The van der Waals surface area contributed by atoms with Crippen LogP contribution in [0.3, 0.4) is 0 Å². The van der Waals surface area contributed by atoms with Crippen molar-refractivity contribution in [2.45, 2.75) is 6.42 Å². The zero-order valence-corrected chi connectivity index (χ0v) is 8.83. The Balaban J connectivity index is 2.26. The van der Waals surface area contributed by atoms with Crippen molar-refractivity contribution in [3.8, 4) is 17.2 Å². The van der Waals surface area contributed by atoms with Crippen molar-refractivity contribution < 1.29 is 19.0 Å². The number of carbonyl (C=O) groups excluding carboxylic acids is 1. The molecule has 5 nitrogen and oxygen atoms in total. The minimum atomic E-state index is -0.114. The third-order valence-electron chi connectivity index (χ3n) is 2.81. The van der Waals surface area contributed by atoms with Crippen LogP contribution in [0.25, 0.3) is 0 Å². The van der Waals surface area contributed by atoms with Crippen LogP contribution in [0, 0.1) is 0 Å². The summed E-state index contributed by atoms with van der Waals surface area (Å²) in [4.78, 5) is 11.8. The van der Waals surface area contributed by atoms with E-state index in [4.69, 9.17) is 14.2 Å². The number of nitrogens with one attached hydrogen (secondary N) is 1. The van der Waals surface area contributed by atoms with E-state index >= 15 is 0 Å². The van der Waals surface area contributed by atoms with Gasteiger partial charge in [0.2, 0.25) is 12.5 Å². The van der Waals surface area contributed by atoms with E-state index in [-0.39, 0.29) is 12.7 Å². The molecule has 0 aliphatic carbocycles. The number of carbonyl (C=O) groups is 1. The van der Waals surface area contributed by atoms with Crippen LogP contribution >= 0.6 is 0 Å². The first-order valence-corrected chi connectivity index (χ1v) is 5.09. The van der Waals surface area contributed by atoms with Crippen molar-refractivity contribution in [2.24, 2.45) is 0 Å². The molecule has 16 heavy (non-hydrogen) atoms. The number of amides is 1. The molecule has 0 bridgehead atoms. The monoisotopic (exact) mass is 221 g/mol. The number of rotatable bonds is 1. The van der Waals surface area contributed by atoms with Crippen molar-refractivity contribution >= 4 is 5.91 Å². The second-order valence-corrected chi connectivity index (χ2v) is 3.68. The highest BCUT2D eigenvalue weighted by Crippen LogP contribution is 2.45. The van der Waals surface area contributed by atoms with Crippen molar-refractivity contribution in [3.05, 3.63) is 17.2 Å². The van der Waals surface area contributed by atoms with Gasteiger partial charge in [-0.25, -0.2) is 0 Å². The molecule has 84 valence electrons. The standard InChI is InChI=1S/C11H11NO4/c1-14-10-8-6(2-3-12-11(8)13)4-7-9(10)16-5-15-7/h4H,2-3,5H2,1H3,(H,12,13). The molecule has 1 amide bonds. The average Bonchev–Trinajstić information content (AvgIpc) is 2.74. The second-order valence-electron chi connectivity index (χ2n) is 3.68. The van der Waals surface area contributed by atoms with Crippen LogP contribution < -0.4 is 19.5 Å². The zero-order chi connectivity index (χ0) is 11.1. The maximum absolute atomic E-state index is 11.8. The van der Waals surface area contributed by atoms with Gasteiger partial charge in [-0.2, -0.15) is 0 Å². The number of fused-ring (bicyclic) bond motifs is 2. The van der Waals surface area contributed by atoms with Crippen molar-refractivity contribution in [1.29, 1.82) is 0 Å². The lowest BCUT2D eigenvalue weighted by Crippen LogP contribution is -2.32. The van der Waals surface area contributed by atoms with Gasteiger partial charge in [0.05, 0.1) is 12.7 Å². The van der Waals surface area contributed by atoms with Gasteiger partial charge >= 0.3 is 0 Å². The molecule has 0 saturated heterocycles. The van der Waals surface area contributed by atoms with Crippen molar-refractivity contribution in [2.75, 3.05) is 20.4 Å². The lowest BCUT2D eigenvalue weighted by Gasteiger charge is -2.19. The van der Waals surface area contributed by atoms with Crippen molar-refractivity contribution in [3.63, 3.8) is 0 Å². The Morgan fingerprint density at radius 1 is 1.44 bits per heavy atom. The summed E-state index contributed by atoms with van der Waals surface area (Å²) in [7, 11) is 1.53. The minimum Gasteiger partial charge on any atom is -0.492 e. The molecule has 0 spiro atoms. The summed E-state index contributed by atoms with van der Waals surface area (Å²) in [6.45, 7) is 0.824. The lowest BCUT2D eigenvalue weighted by atomic mass is 9.98. The van der Waals surface area contributed by atoms with Crippen LogP contribution in [0.2, 0.25) is 0 Å².